The molecule has 0 aliphatic heterocycles. The summed E-state index contributed by atoms with van der Waals surface area (Å²) in [5.41, 5.74) is 0. The van der Waals surface area contributed by atoms with E-state index in [2.05, 4.69) is 0 Å². The van der Waals surface area contributed by atoms with E-state index in [9.17, 15) is 22.0 Å². The fourth-order valence-corrected chi connectivity index (χ4v) is 3.67. The van der Waals surface area contributed by atoms with Crippen LogP contribution in [0, 0.1) is 17.6 Å². The van der Waals surface area contributed by atoms with Crippen LogP contribution in [0.4, 0.5) is 8.78 Å². The van der Waals surface area contributed by atoms with Crippen LogP contribution in [0.3, 0.4) is 0 Å². The highest BCUT2D eigenvalue weighted by atomic mass is 32.2. The minimum atomic E-state index is -3.67. The van der Waals surface area contributed by atoms with Crippen molar-refractivity contribution in [3.8, 4) is 0 Å². The molecule has 6 heteroatoms. The monoisotopic (exact) mass is 288 g/mol. The van der Waals surface area contributed by atoms with Crippen LogP contribution in [0.15, 0.2) is 23.1 Å². The minimum Gasteiger partial charge on any atom is -0.299 e. The molecule has 2 rings (SSSR count). The Balaban J connectivity index is 2.09. The second kappa shape index (κ2) is 5.36. The van der Waals surface area contributed by atoms with Crippen molar-refractivity contribution >= 4 is 15.6 Å². The SMILES string of the molecule is O=C1CCCC1CCS(=O)(=O)c1ccc(F)c(F)c1. The number of hydrogen-bond donors (Lipinski definition) is 0. The van der Waals surface area contributed by atoms with E-state index in [0.29, 0.717) is 18.9 Å². The summed E-state index contributed by atoms with van der Waals surface area (Å²) in [4.78, 5) is 11.2. The first-order valence-electron chi connectivity index (χ1n) is 6.10. The maximum atomic E-state index is 13.0. The summed E-state index contributed by atoms with van der Waals surface area (Å²) in [6, 6.07) is 2.52. The molecule has 3 nitrogen and oxygen atoms in total. The van der Waals surface area contributed by atoms with Crippen molar-refractivity contribution < 1.29 is 22.0 Å². The molecule has 0 bridgehead atoms. The number of sulfone groups is 1. The maximum absolute atomic E-state index is 13.0. The van der Waals surface area contributed by atoms with E-state index in [1.54, 1.807) is 0 Å². The topological polar surface area (TPSA) is 51.2 Å². The summed E-state index contributed by atoms with van der Waals surface area (Å²) in [5, 5.41) is 0. The van der Waals surface area contributed by atoms with E-state index >= 15 is 0 Å². The molecule has 1 saturated carbocycles. The molecule has 1 aromatic carbocycles. The van der Waals surface area contributed by atoms with Crippen LogP contribution in [0.5, 0.6) is 0 Å². The zero-order chi connectivity index (χ0) is 14.0. The molecule has 19 heavy (non-hydrogen) atoms. The van der Waals surface area contributed by atoms with Crippen molar-refractivity contribution in [2.75, 3.05) is 5.75 Å². The molecule has 0 radical (unpaired) electrons. The average Bonchev–Trinajstić information content (AvgIpc) is 2.76. The van der Waals surface area contributed by atoms with Crippen LogP contribution in [0.1, 0.15) is 25.7 Å². The Hall–Kier alpha value is -1.30. The summed E-state index contributed by atoms with van der Waals surface area (Å²) in [5.74, 6) is -2.59. The molecule has 0 saturated heterocycles. The van der Waals surface area contributed by atoms with E-state index < -0.39 is 21.5 Å². The van der Waals surface area contributed by atoms with Gasteiger partial charge in [0.05, 0.1) is 10.6 Å². The molecule has 0 heterocycles. The lowest BCUT2D eigenvalue weighted by molar-refractivity contribution is -0.120. The van der Waals surface area contributed by atoms with Crippen molar-refractivity contribution in [2.45, 2.75) is 30.6 Å². The lowest BCUT2D eigenvalue weighted by Crippen LogP contribution is -2.14. The number of carbonyl (C=O) groups is 1. The Morgan fingerprint density at radius 2 is 1.95 bits per heavy atom. The molecule has 1 fully saturated rings. The lowest BCUT2D eigenvalue weighted by atomic mass is 10.1. The molecule has 0 aromatic heterocycles. The Morgan fingerprint density at radius 3 is 2.53 bits per heavy atom. The Bertz CT molecular complexity index is 596. The first kappa shape index (κ1) is 14.1. The highest BCUT2D eigenvalue weighted by Gasteiger charge is 2.26. The van der Waals surface area contributed by atoms with Gasteiger partial charge in [-0.2, -0.15) is 0 Å². The van der Waals surface area contributed by atoms with Gasteiger partial charge in [0.15, 0.2) is 21.5 Å². The van der Waals surface area contributed by atoms with Crippen molar-refractivity contribution in [3.63, 3.8) is 0 Å². The summed E-state index contributed by atoms with van der Waals surface area (Å²) < 4.78 is 49.7. The standard InChI is InChI=1S/C13H14F2O3S/c14-11-5-4-10(8-12(11)15)19(17,18)7-6-9-2-1-3-13(9)16/h4-5,8-9H,1-3,6-7H2. The normalized spacial score (nSPS) is 19.9. The van der Waals surface area contributed by atoms with Crippen LogP contribution in [0.25, 0.3) is 0 Å². The number of carbonyl (C=O) groups excluding carboxylic acids is 1. The third kappa shape index (κ3) is 3.18. The second-order valence-corrected chi connectivity index (χ2v) is 6.85. The molecule has 104 valence electrons. The van der Waals surface area contributed by atoms with Gasteiger partial charge in [-0.15, -0.1) is 0 Å². The Labute approximate surface area is 110 Å². The second-order valence-electron chi connectivity index (χ2n) is 4.74. The zero-order valence-corrected chi connectivity index (χ0v) is 11.1. The first-order chi connectivity index (χ1) is 8.90. The largest absolute Gasteiger partial charge is 0.299 e. The Morgan fingerprint density at radius 1 is 1.21 bits per heavy atom. The fraction of sp³-hybridized carbons (Fsp3) is 0.462. The quantitative estimate of drug-likeness (QED) is 0.800. The molecular formula is C13H14F2O3S. The highest BCUT2D eigenvalue weighted by Crippen LogP contribution is 2.26. The molecule has 1 unspecified atom stereocenters. The van der Waals surface area contributed by atoms with Crippen LogP contribution in [0.2, 0.25) is 0 Å². The predicted molar refractivity (Wildman–Crippen MR) is 65.4 cm³/mol. The number of rotatable bonds is 4. The van der Waals surface area contributed by atoms with Gasteiger partial charge in [0.2, 0.25) is 0 Å². The number of Topliss-reactive ketones (excluding diaryl/α,β-unsaturated/α-hetero) is 1. The van der Waals surface area contributed by atoms with Gasteiger partial charge in [0.1, 0.15) is 5.78 Å². The third-order valence-corrected chi connectivity index (χ3v) is 5.16. The van der Waals surface area contributed by atoms with E-state index in [-0.39, 0.29) is 28.8 Å². The lowest BCUT2D eigenvalue weighted by Gasteiger charge is -2.08. The maximum Gasteiger partial charge on any atom is 0.178 e. The van der Waals surface area contributed by atoms with Gasteiger partial charge >= 0.3 is 0 Å². The molecule has 0 spiro atoms. The molecular weight excluding hydrogens is 274 g/mol. The van der Waals surface area contributed by atoms with Crippen LogP contribution >= 0.6 is 0 Å². The molecule has 1 aliphatic rings. The first-order valence-corrected chi connectivity index (χ1v) is 7.76. The Kier molecular flexibility index (Phi) is 3.99. The van der Waals surface area contributed by atoms with Crippen LogP contribution in [-0.4, -0.2) is 20.0 Å². The molecule has 1 aromatic rings. The number of benzene rings is 1. The minimum absolute atomic E-state index is 0.0977. The van der Waals surface area contributed by atoms with Crippen molar-refractivity contribution in [3.05, 3.63) is 29.8 Å². The molecule has 0 N–H and O–H groups in total. The van der Waals surface area contributed by atoms with E-state index in [4.69, 9.17) is 0 Å². The van der Waals surface area contributed by atoms with Gasteiger partial charge in [-0.05, 0) is 37.5 Å². The van der Waals surface area contributed by atoms with Gasteiger partial charge in [0.25, 0.3) is 0 Å². The predicted octanol–water partition coefficient (Wildman–Crippen LogP) is 2.50. The van der Waals surface area contributed by atoms with E-state index in [1.807, 2.05) is 0 Å². The van der Waals surface area contributed by atoms with Crippen molar-refractivity contribution in [1.29, 1.82) is 0 Å². The van der Waals surface area contributed by atoms with Gasteiger partial charge in [-0.1, -0.05) is 0 Å². The summed E-state index contributed by atoms with van der Waals surface area (Å²) in [6.45, 7) is 0. The van der Waals surface area contributed by atoms with Gasteiger partial charge < -0.3 is 0 Å². The highest BCUT2D eigenvalue weighted by molar-refractivity contribution is 7.91. The summed E-state index contributed by atoms with van der Waals surface area (Å²) in [6.07, 6.45) is 2.27. The van der Waals surface area contributed by atoms with Gasteiger partial charge in [0, 0.05) is 12.3 Å². The summed E-state index contributed by atoms with van der Waals surface area (Å²) >= 11 is 0. The van der Waals surface area contributed by atoms with Gasteiger partial charge in [-0.25, -0.2) is 17.2 Å². The van der Waals surface area contributed by atoms with E-state index in [1.165, 1.54) is 0 Å². The van der Waals surface area contributed by atoms with E-state index in [0.717, 1.165) is 18.6 Å². The molecule has 0 amide bonds. The van der Waals surface area contributed by atoms with Crippen LogP contribution in [-0.2, 0) is 14.6 Å². The number of hydrogen-bond acceptors (Lipinski definition) is 3. The fourth-order valence-electron chi connectivity index (χ4n) is 2.28. The average molecular weight is 288 g/mol. The van der Waals surface area contributed by atoms with Gasteiger partial charge in [-0.3, -0.25) is 4.79 Å². The number of ketones is 1. The van der Waals surface area contributed by atoms with Crippen molar-refractivity contribution in [1.82, 2.24) is 0 Å². The zero-order valence-electron chi connectivity index (χ0n) is 10.2. The summed E-state index contributed by atoms with van der Waals surface area (Å²) in [7, 11) is -3.67. The smallest absolute Gasteiger partial charge is 0.178 e. The molecule has 1 atom stereocenters. The third-order valence-electron chi connectivity index (χ3n) is 3.42. The number of halogens is 2. The van der Waals surface area contributed by atoms with Crippen molar-refractivity contribution in [2.24, 2.45) is 5.92 Å². The van der Waals surface area contributed by atoms with Crippen LogP contribution < -0.4 is 0 Å². The molecule has 1 aliphatic carbocycles.